The summed E-state index contributed by atoms with van der Waals surface area (Å²) in [5, 5.41) is 12.0. The third kappa shape index (κ3) is 5.18. The molecule has 0 spiro atoms. The Morgan fingerprint density at radius 1 is 1.27 bits per heavy atom. The minimum atomic E-state index is 0.674. The fraction of sp³-hybridized carbons (Fsp3) is 0.923. The molecule has 1 rings (SSSR count). The van der Waals surface area contributed by atoms with E-state index in [1.165, 1.54) is 32.1 Å². The summed E-state index contributed by atoms with van der Waals surface area (Å²) in [5.41, 5.74) is 0. The maximum absolute atomic E-state index is 8.41. The van der Waals surface area contributed by atoms with Crippen LogP contribution in [0, 0.1) is 17.2 Å². The van der Waals surface area contributed by atoms with Crippen LogP contribution in [0.4, 0.5) is 0 Å². The van der Waals surface area contributed by atoms with Crippen molar-refractivity contribution in [2.24, 2.45) is 5.92 Å². The van der Waals surface area contributed by atoms with Gasteiger partial charge in [-0.1, -0.05) is 19.3 Å². The highest BCUT2D eigenvalue weighted by Gasteiger charge is 2.18. The summed E-state index contributed by atoms with van der Waals surface area (Å²) in [6, 6.07) is 2.86. The number of nitrogens with one attached hydrogen (secondary N) is 1. The van der Waals surface area contributed by atoms with Gasteiger partial charge in [0.05, 0.1) is 6.07 Å². The zero-order valence-corrected chi connectivity index (χ0v) is 9.97. The van der Waals surface area contributed by atoms with Crippen molar-refractivity contribution in [3.05, 3.63) is 0 Å². The quantitative estimate of drug-likeness (QED) is 0.680. The number of unbranched alkanes of at least 4 members (excludes halogenated alkanes) is 2. The molecule has 0 aromatic heterocycles. The highest BCUT2D eigenvalue weighted by atomic mass is 14.9. The standard InChI is InChI=1S/C13H24N2/c1-12(13-8-4-2-5-9-13)15-11-7-3-6-10-14/h12-13,15H,2-9,11H2,1H3. The molecule has 0 bridgehead atoms. The summed E-state index contributed by atoms with van der Waals surface area (Å²) in [6.07, 6.45) is 9.99. The number of hydrogen-bond acceptors (Lipinski definition) is 2. The van der Waals surface area contributed by atoms with Gasteiger partial charge in [-0.05, 0) is 45.1 Å². The van der Waals surface area contributed by atoms with Gasteiger partial charge in [0.1, 0.15) is 0 Å². The number of nitriles is 1. The van der Waals surface area contributed by atoms with Crippen LogP contribution in [0.15, 0.2) is 0 Å². The van der Waals surface area contributed by atoms with Crippen molar-refractivity contribution >= 4 is 0 Å². The third-order valence-corrected chi connectivity index (χ3v) is 3.54. The van der Waals surface area contributed by atoms with Gasteiger partial charge >= 0.3 is 0 Å². The van der Waals surface area contributed by atoms with Gasteiger partial charge in [0.15, 0.2) is 0 Å². The molecule has 0 amide bonds. The van der Waals surface area contributed by atoms with Crippen molar-refractivity contribution in [3.8, 4) is 6.07 Å². The van der Waals surface area contributed by atoms with Crippen LogP contribution in [-0.4, -0.2) is 12.6 Å². The van der Waals surface area contributed by atoms with Gasteiger partial charge in [0, 0.05) is 12.5 Å². The van der Waals surface area contributed by atoms with Crippen molar-refractivity contribution in [2.75, 3.05) is 6.54 Å². The predicted molar refractivity (Wildman–Crippen MR) is 63.5 cm³/mol. The second kappa shape index (κ2) is 7.70. The first kappa shape index (κ1) is 12.5. The first-order chi connectivity index (χ1) is 7.34. The SMILES string of the molecule is CC(NCCCCC#N)C1CCCCC1. The monoisotopic (exact) mass is 208 g/mol. The predicted octanol–water partition coefficient (Wildman–Crippen LogP) is 3.24. The second-order valence-corrected chi connectivity index (χ2v) is 4.76. The molecule has 0 heterocycles. The average Bonchev–Trinajstić information content (AvgIpc) is 2.30. The molecule has 0 aromatic rings. The molecule has 2 heteroatoms. The number of rotatable bonds is 6. The van der Waals surface area contributed by atoms with Gasteiger partial charge in [-0.2, -0.15) is 5.26 Å². The van der Waals surface area contributed by atoms with E-state index in [4.69, 9.17) is 5.26 Å². The van der Waals surface area contributed by atoms with E-state index in [1.54, 1.807) is 0 Å². The van der Waals surface area contributed by atoms with Gasteiger partial charge in [-0.15, -0.1) is 0 Å². The Kier molecular flexibility index (Phi) is 6.43. The van der Waals surface area contributed by atoms with Crippen molar-refractivity contribution in [1.29, 1.82) is 5.26 Å². The van der Waals surface area contributed by atoms with Gasteiger partial charge < -0.3 is 5.32 Å². The highest BCUT2D eigenvalue weighted by molar-refractivity contribution is 4.76. The van der Waals surface area contributed by atoms with Gasteiger partial charge in [-0.3, -0.25) is 0 Å². The minimum absolute atomic E-state index is 0.674. The molecule has 1 fully saturated rings. The fourth-order valence-corrected chi connectivity index (χ4v) is 2.46. The maximum Gasteiger partial charge on any atom is 0.0621 e. The van der Waals surface area contributed by atoms with E-state index >= 15 is 0 Å². The van der Waals surface area contributed by atoms with Crippen molar-refractivity contribution in [3.63, 3.8) is 0 Å². The molecular weight excluding hydrogens is 184 g/mol. The summed E-state index contributed by atoms with van der Waals surface area (Å²) >= 11 is 0. The normalized spacial score (nSPS) is 19.7. The summed E-state index contributed by atoms with van der Waals surface area (Å²) in [6.45, 7) is 3.40. The third-order valence-electron chi connectivity index (χ3n) is 3.54. The lowest BCUT2D eigenvalue weighted by Crippen LogP contribution is -2.35. The molecule has 0 aromatic carbocycles. The summed E-state index contributed by atoms with van der Waals surface area (Å²) in [4.78, 5) is 0. The molecule has 1 N–H and O–H groups in total. The fourth-order valence-electron chi connectivity index (χ4n) is 2.46. The topological polar surface area (TPSA) is 35.8 Å². The van der Waals surface area contributed by atoms with E-state index in [0.29, 0.717) is 12.5 Å². The van der Waals surface area contributed by atoms with Gasteiger partial charge in [0.2, 0.25) is 0 Å². The van der Waals surface area contributed by atoms with Crippen LogP contribution >= 0.6 is 0 Å². The van der Waals surface area contributed by atoms with Crippen molar-refractivity contribution < 1.29 is 0 Å². The van der Waals surface area contributed by atoms with Gasteiger partial charge in [-0.25, -0.2) is 0 Å². The van der Waals surface area contributed by atoms with E-state index < -0.39 is 0 Å². The summed E-state index contributed by atoms with van der Waals surface area (Å²) in [7, 11) is 0. The Morgan fingerprint density at radius 2 is 2.00 bits per heavy atom. The number of nitrogens with zero attached hydrogens (tertiary/aromatic N) is 1. The van der Waals surface area contributed by atoms with Crippen LogP contribution in [0.1, 0.15) is 58.3 Å². The molecule has 2 nitrogen and oxygen atoms in total. The molecule has 86 valence electrons. The van der Waals surface area contributed by atoms with Crippen LogP contribution in [-0.2, 0) is 0 Å². The first-order valence-corrected chi connectivity index (χ1v) is 6.45. The van der Waals surface area contributed by atoms with E-state index in [-0.39, 0.29) is 0 Å². The Hall–Kier alpha value is -0.550. The molecule has 1 saturated carbocycles. The lowest BCUT2D eigenvalue weighted by molar-refractivity contribution is 0.281. The average molecular weight is 208 g/mol. The largest absolute Gasteiger partial charge is 0.314 e. The Bertz CT molecular complexity index is 189. The molecule has 1 unspecified atom stereocenters. The zero-order chi connectivity index (χ0) is 10.9. The van der Waals surface area contributed by atoms with Crippen LogP contribution in [0.25, 0.3) is 0 Å². The van der Waals surface area contributed by atoms with E-state index in [0.717, 1.165) is 25.3 Å². The van der Waals surface area contributed by atoms with Crippen LogP contribution in [0.5, 0.6) is 0 Å². The van der Waals surface area contributed by atoms with Crippen LogP contribution in [0.2, 0.25) is 0 Å². The summed E-state index contributed by atoms with van der Waals surface area (Å²) in [5.74, 6) is 0.898. The number of hydrogen-bond donors (Lipinski definition) is 1. The maximum atomic E-state index is 8.41. The lowest BCUT2D eigenvalue weighted by Gasteiger charge is -2.28. The van der Waals surface area contributed by atoms with Crippen molar-refractivity contribution in [2.45, 2.75) is 64.3 Å². The highest BCUT2D eigenvalue weighted by Crippen LogP contribution is 2.26. The smallest absolute Gasteiger partial charge is 0.0621 e. The molecule has 1 atom stereocenters. The molecular formula is C13H24N2. The van der Waals surface area contributed by atoms with E-state index in [1.807, 2.05) is 0 Å². The summed E-state index contributed by atoms with van der Waals surface area (Å²) < 4.78 is 0. The van der Waals surface area contributed by atoms with Crippen molar-refractivity contribution in [1.82, 2.24) is 5.32 Å². The lowest BCUT2D eigenvalue weighted by atomic mass is 9.84. The molecule has 1 aliphatic rings. The Labute approximate surface area is 94.1 Å². The molecule has 0 radical (unpaired) electrons. The van der Waals surface area contributed by atoms with E-state index in [9.17, 15) is 0 Å². The second-order valence-electron chi connectivity index (χ2n) is 4.76. The molecule has 0 saturated heterocycles. The Balaban J connectivity index is 2.02. The molecule has 0 aliphatic heterocycles. The van der Waals surface area contributed by atoms with Gasteiger partial charge in [0.25, 0.3) is 0 Å². The van der Waals surface area contributed by atoms with E-state index in [2.05, 4.69) is 18.3 Å². The first-order valence-electron chi connectivity index (χ1n) is 6.45. The molecule has 15 heavy (non-hydrogen) atoms. The zero-order valence-electron chi connectivity index (χ0n) is 9.97. The Morgan fingerprint density at radius 3 is 2.67 bits per heavy atom. The molecule has 1 aliphatic carbocycles. The van der Waals surface area contributed by atoms with Crippen LogP contribution < -0.4 is 5.32 Å². The minimum Gasteiger partial charge on any atom is -0.314 e. The van der Waals surface area contributed by atoms with Crippen LogP contribution in [0.3, 0.4) is 0 Å².